The van der Waals surface area contributed by atoms with Gasteiger partial charge in [-0.2, -0.15) is 0 Å². The molecule has 0 bridgehead atoms. The van der Waals surface area contributed by atoms with Crippen molar-refractivity contribution < 1.29 is 4.42 Å². The van der Waals surface area contributed by atoms with Crippen molar-refractivity contribution in [1.82, 2.24) is 4.98 Å². The van der Waals surface area contributed by atoms with E-state index in [2.05, 4.69) is 4.98 Å². The summed E-state index contributed by atoms with van der Waals surface area (Å²) in [5, 5.41) is 7.52. The van der Waals surface area contributed by atoms with Crippen molar-refractivity contribution in [2.45, 2.75) is 0 Å². The second-order valence-electron chi connectivity index (χ2n) is 2.74. The van der Waals surface area contributed by atoms with Crippen LogP contribution in [0.5, 0.6) is 0 Å². The molecule has 2 rings (SSSR count). The summed E-state index contributed by atoms with van der Waals surface area (Å²) >= 11 is 4.78. The van der Waals surface area contributed by atoms with Crippen molar-refractivity contribution in [2.24, 2.45) is 5.73 Å². The zero-order valence-electron chi connectivity index (χ0n) is 7.15. The van der Waals surface area contributed by atoms with Gasteiger partial charge in [0.15, 0.2) is 5.58 Å². The monoisotopic (exact) mass is 205 g/mol. The van der Waals surface area contributed by atoms with E-state index < -0.39 is 0 Å². The minimum atomic E-state index is -0.0296. The summed E-state index contributed by atoms with van der Waals surface area (Å²) in [4.78, 5) is 4.22. The number of thiocarbonyl (C=S) groups is 1. The molecular formula is C9H7N3OS. The van der Waals surface area contributed by atoms with Gasteiger partial charge in [0.25, 0.3) is 0 Å². The van der Waals surface area contributed by atoms with Crippen molar-refractivity contribution >= 4 is 28.3 Å². The molecule has 2 aromatic heterocycles. The van der Waals surface area contributed by atoms with Gasteiger partial charge in [-0.1, -0.05) is 12.2 Å². The normalized spacial score (nSPS) is 10.3. The van der Waals surface area contributed by atoms with Gasteiger partial charge in [-0.15, -0.1) is 0 Å². The first-order valence-corrected chi connectivity index (χ1v) is 4.32. The van der Waals surface area contributed by atoms with E-state index >= 15 is 0 Å². The number of nitrogens with one attached hydrogen (secondary N) is 1. The van der Waals surface area contributed by atoms with E-state index in [4.69, 9.17) is 27.8 Å². The van der Waals surface area contributed by atoms with E-state index in [1.807, 2.05) is 0 Å². The van der Waals surface area contributed by atoms with Crippen LogP contribution in [0.3, 0.4) is 0 Å². The number of fused-ring (bicyclic) bond motifs is 1. The quantitative estimate of drug-likeness (QED) is 0.679. The smallest absolute Gasteiger partial charge is 0.222 e. The van der Waals surface area contributed by atoms with E-state index in [0.717, 1.165) is 0 Å². The molecule has 0 aliphatic carbocycles. The van der Waals surface area contributed by atoms with Gasteiger partial charge in [0.05, 0.1) is 5.56 Å². The summed E-state index contributed by atoms with van der Waals surface area (Å²) in [7, 11) is 0. The number of rotatable bonds is 1. The maximum absolute atomic E-state index is 7.52. The van der Waals surface area contributed by atoms with Crippen LogP contribution in [0.15, 0.2) is 28.8 Å². The van der Waals surface area contributed by atoms with Crippen molar-refractivity contribution in [2.75, 3.05) is 0 Å². The Bertz CT molecular complexity index is 561. The predicted octanol–water partition coefficient (Wildman–Crippen LogP) is 0.941. The van der Waals surface area contributed by atoms with Gasteiger partial charge in [-0.05, 0) is 18.2 Å². The Kier molecular flexibility index (Phi) is 2.01. The molecular weight excluding hydrogens is 198 g/mol. The Morgan fingerprint density at radius 1 is 1.57 bits per heavy atom. The molecule has 0 atom stereocenters. The molecule has 0 unspecified atom stereocenters. The van der Waals surface area contributed by atoms with E-state index in [1.54, 1.807) is 24.4 Å². The average Bonchev–Trinajstić information content (AvgIpc) is 2.16. The molecule has 2 aromatic rings. The second-order valence-corrected chi connectivity index (χ2v) is 3.18. The van der Waals surface area contributed by atoms with Crippen LogP contribution in [0.2, 0.25) is 0 Å². The highest BCUT2D eigenvalue weighted by molar-refractivity contribution is 7.80. The van der Waals surface area contributed by atoms with Crippen LogP contribution in [0.25, 0.3) is 11.1 Å². The fourth-order valence-corrected chi connectivity index (χ4v) is 1.30. The van der Waals surface area contributed by atoms with Crippen molar-refractivity contribution in [1.29, 1.82) is 5.41 Å². The first-order valence-electron chi connectivity index (χ1n) is 3.92. The molecule has 0 aliphatic heterocycles. The minimum absolute atomic E-state index is 0.0296. The third-order valence-corrected chi connectivity index (χ3v) is 2.02. The maximum atomic E-state index is 7.52. The Hall–Kier alpha value is -1.75. The summed E-state index contributed by atoms with van der Waals surface area (Å²) in [5.74, 6) is 0. The van der Waals surface area contributed by atoms with Crippen LogP contribution < -0.4 is 11.3 Å². The van der Waals surface area contributed by atoms with E-state index in [1.165, 1.54) is 0 Å². The van der Waals surface area contributed by atoms with Crippen LogP contribution >= 0.6 is 12.2 Å². The van der Waals surface area contributed by atoms with E-state index in [9.17, 15) is 0 Å². The lowest BCUT2D eigenvalue weighted by Gasteiger charge is -1.99. The van der Waals surface area contributed by atoms with Crippen LogP contribution in [-0.2, 0) is 0 Å². The lowest BCUT2D eigenvalue weighted by atomic mass is 10.2. The van der Waals surface area contributed by atoms with Gasteiger partial charge in [0.2, 0.25) is 5.55 Å². The van der Waals surface area contributed by atoms with E-state index in [0.29, 0.717) is 16.7 Å². The Morgan fingerprint density at radius 3 is 3.07 bits per heavy atom. The number of hydrogen-bond acceptors (Lipinski definition) is 4. The van der Waals surface area contributed by atoms with Gasteiger partial charge in [-0.25, -0.2) is 0 Å². The van der Waals surface area contributed by atoms with Gasteiger partial charge in [0, 0.05) is 6.20 Å². The fraction of sp³-hybridized carbons (Fsp3) is 0. The number of pyridine rings is 1. The van der Waals surface area contributed by atoms with Crippen molar-refractivity contribution in [3.8, 4) is 0 Å². The molecule has 5 heteroatoms. The minimum Gasteiger partial charge on any atom is -0.437 e. The standard InChI is InChI=1S/C9H7N3OS/c10-8-5(9(11)14)4-6-7(13-8)2-1-3-12-6/h1-4,10H,(H2,11,14). The maximum Gasteiger partial charge on any atom is 0.222 e. The molecule has 3 N–H and O–H groups in total. The van der Waals surface area contributed by atoms with E-state index in [-0.39, 0.29) is 10.5 Å². The molecule has 0 saturated carbocycles. The summed E-state index contributed by atoms with van der Waals surface area (Å²) < 4.78 is 5.19. The Balaban J connectivity index is 2.84. The second kappa shape index (κ2) is 3.19. The molecule has 4 nitrogen and oxygen atoms in total. The van der Waals surface area contributed by atoms with Crippen LogP contribution in [-0.4, -0.2) is 9.97 Å². The summed E-state index contributed by atoms with van der Waals surface area (Å²) in [6, 6.07) is 5.14. The molecule has 0 saturated heterocycles. The van der Waals surface area contributed by atoms with Crippen molar-refractivity contribution in [3.05, 3.63) is 35.5 Å². The molecule has 14 heavy (non-hydrogen) atoms. The fourth-order valence-electron chi connectivity index (χ4n) is 1.15. The molecule has 0 fully saturated rings. The third-order valence-electron chi connectivity index (χ3n) is 1.80. The topological polar surface area (TPSA) is 75.9 Å². The first-order chi connectivity index (χ1) is 6.68. The predicted molar refractivity (Wildman–Crippen MR) is 55.8 cm³/mol. The highest BCUT2D eigenvalue weighted by Gasteiger charge is 2.04. The summed E-state index contributed by atoms with van der Waals surface area (Å²) in [5.41, 5.74) is 7.01. The zero-order valence-corrected chi connectivity index (χ0v) is 7.97. The lowest BCUT2D eigenvalue weighted by molar-refractivity contribution is 0.530. The number of hydrogen-bond donors (Lipinski definition) is 2. The van der Waals surface area contributed by atoms with Crippen LogP contribution in [0.4, 0.5) is 0 Å². The highest BCUT2D eigenvalue weighted by atomic mass is 32.1. The molecule has 0 aliphatic rings. The molecule has 0 amide bonds. The van der Waals surface area contributed by atoms with Gasteiger partial charge in [-0.3, -0.25) is 10.4 Å². The van der Waals surface area contributed by atoms with Gasteiger partial charge < -0.3 is 10.2 Å². The third kappa shape index (κ3) is 1.38. The molecule has 0 aromatic carbocycles. The van der Waals surface area contributed by atoms with Gasteiger partial charge >= 0.3 is 0 Å². The lowest BCUT2D eigenvalue weighted by Crippen LogP contribution is -2.19. The van der Waals surface area contributed by atoms with Crippen LogP contribution in [0.1, 0.15) is 5.56 Å². The number of nitrogens with zero attached hydrogens (tertiary/aromatic N) is 1. The Morgan fingerprint density at radius 2 is 2.36 bits per heavy atom. The molecule has 0 spiro atoms. The van der Waals surface area contributed by atoms with Gasteiger partial charge in [0.1, 0.15) is 10.5 Å². The number of nitrogens with two attached hydrogens (primary N) is 1. The molecule has 0 radical (unpaired) electrons. The summed E-state index contributed by atoms with van der Waals surface area (Å²) in [6.45, 7) is 0. The summed E-state index contributed by atoms with van der Waals surface area (Å²) in [6.07, 6.45) is 1.64. The molecule has 2 heterocycles. The van der Waals surface area contributed by atoms with Crippen molar-refractivity contribution in [3.63, 3.8) is 0 Å². The first kappa shape index (κ1) is 8.83. The highest BCUT2D eigenvalue weighted by Crippen LogP contribution is 2.09. The molecule has 70 valence electrons. The van der Waals surface area contributed by atoms with Crippen LogP contribution in [0, 0.1) is 5.41 Å². The SMILES string of the molecule is N=c1oc2cccnc2cc1C(N)=S. The zero-order chi connectivity index (χ0) is 10.1. The Labute approximate surface area is 84.9 Å². The number of aromatic nitrogens is 1. The largest absolute Gasteiger partial charge is 0.437 e. The average molecular weight is 205 g/mol.